The molecule has 0 spiro atoms. The molecule has 0 amide bonds. The first-order chi connectivity index (χ1) is 25.6. The van der Waals surface area contributed by atoms with Crippen LogP contribution in [0.3, 0.4) is 0 Å². The molecule has 53 heavy (non-hydrogen) atoms. The molecule has 2 aliphatic carbocycles. The maximum atomic E-state index is 2.41. The summed E-state index contributed by atoms with van der Waals surface area (Å²) < 4.78 is 0. The largest absolute Gasteiger partial charge is 0.311 e. The average molecular weight is 689 g/mol. The Morgan fingerprint density at radius 1 is 0.528 bits per heavy atom. The van der Waals surface area contributed by atoms with E-state index in [0.717, 1.165) is 17.8 Å². The fourth-order valence-electron chi connectivity index (χ4n) is 7.92. The van der Waals surface area contributed by atoms with E-state index < -0.39 is 0 Å². The lowest BCUT2D eigenvalue weighted by atomic mass is 9.81. The minimum absolute atomic E-state index is 0.142. The summed E-state index contributed by atoms with van der Waals surface area (Å²) in [6.45, 7) is 13.5. The molecule has 0 radical (unpaired) electrons. The molecule has 0 aromatic heterocycles. The lowest BCUT2D eigenvalue weighted by molar-refractivity contribution is 0.660. The minimum Gasteiger partial charge on any atom is -0.311 e. The maximum absolute atomic E-state index is 2.41. The van der Waals surface area contributed by atoms with Gasteiger partial charge in [-0.3, -0.25) is 0 Å². The summed E-state index contributed by atoms with van der Waals surface area (Å²) in [5.74, 6) is 0.570. The van der Waals surface area contributed by atoms with Crippen LogP contribution < -0.4 is 9.80 Å². The van der Waals surface area contributed by atoms with E-state index in [9.17, 15) is 0 Å². The van der Waals surface area contributed by atoms with Gasteiger partial charge in [0, 0.05) is 39.5 Å². The molecule has 0 fully saturated rings. The molecule has 8 rings (SSSR count). The predicted molar refractivity (Wildman–Crippen MR) is 228 cm³/mol. The Labute approximate surface area is 316 Å². The van der Waals surface area contributed by atoms with Gasteiger partial charge < -0.3 is 9.80 Å². The highest BCUT2D eigenvalue weighted by molar-refractivity contribution is 5.87. The summed E-state index contributed by atoms with van der Waals surface area (Å²) in [5.41, 5.74) is 18.5. The van der Waals surface area contributed by atoms with Crippen LogP contribution in [0.15, 0.2) is 157 Å². The van der Waals surface area contributed by atoms with Gasteiger partial charge in [-0.25, -0.2) is 0 Å². The van der Waals surface area contributed by atoms with Crippen molar-refractivity contribution < 1.29 is 0 Å². The molecule has 6 aromatic rings. The number of allylic oxidation sites excluding steroid dienone is 3. The standard InChI is InChI=1S/C51H48N2/c1-35-13-22-41(23-14-35)52(44-11-7-9-37(3)31-44)43-26-19-39(20-27-43)17-18-40-21-29-47-48-30-28-46(34-50(48)51(5,6)49(47)33-40)53(42-24-15-36(2)16-25-42)45-12-8-10-38(4)32-45/h7-13,15-35H,14H2,1-6H3. The molecule has 1 atom stereocenters. The van der Waals surface area contributed by atoms with Gasteiger partial charge in [0.2, 0.25) is 0 Å². The minimum atomic E-state index is -0.142. The van der Waals surface area contributed by atoms with E-state index in [1.54, 1.807) is 0 Å². The predicted octanol–water partition coefficient (Wildman–Crippen LogP) is 14.2. The zero-order valence-electron chi connectivity index (χ0n) is 31.8. The van der Waals surface area contributed by atoms with Crippen molar-refractivity contribution in [2.75, 3.05) is 9.80 Å². The quantitative estimate of drug-likeness (QED) is 0.147. The van der Waals surface area contributed by atoms with Gasteiger partial charge >= 0.3 is 0 Å². The Bertz CT molecular complexity index is 2390. The fourth-order valence-corrected chi connectivity index (χ4v) is 7.92. The first-order valence-electron chi connectivity index (χ1n) is 18.9. The third-order valence-corrected chi connectivity index (χ3v) is 10.9. The number of benzene rings is 6. The fraction of sp³-hybridized carbons (Fsp3) is 0.176. The summed E-state index contributed by atoms with van der Waals surface area (Å²) >= 11 is 0. The van der Waals surface area contributed by atoms with Crippen LogP contribution in [-0.2, 0) is 5.41 Å². The SMILES string of the molecule is Cc1ccc(N(c2cccc(C)c2)c2ccc3c(c2)C(C)(C)c2cc(C=Cc4ccc(N(C5=CCC(C)C=C5)c5cccc(C)c5)cc4)ccc2-3)cc1. The molecule has 2 aliphatic rings. The second-order valence-corrected chi connectivity index (χ2v) is 15.5. The molecule has 0 saturated carbocycles. The van der Waals surface area contributed by atoms with Gasteiger partial charge in [-0.1, -0.05) is 123 Å². The summed E-state index contributed by atoms with van der Waals surface area (Å²) in [5, 5.41) is 0. The number of rotatable bonds is 8. The van der Waals surface area contributed by atoms with Crippen LogP contribution >= 0.6 is 0 Å². The second kappa shape index (κ2) is 13.9. The second-order valence-electron chi connectivity index (χ2n) is 15.5. The third kappa shape index (κ3) is 6.78. The van der Waals surface area contributed by atoms with Crippen molar-refractivity contribution in [3.63, 3.8) is 0 Å². The number of aryl methyl sites for hydroxylation is 3. The molecule has 2 heteroatoms. The van der Waals surface area contributed by atoms with E-state index >= 15 is 0 Å². The van der Waals surface area contributed by atoms with Crippen LogP contribution in [0.5, 0.6) is 0 Å². The van der Waals surface area contributed by atoms with Crippen molar-refractivity contribution in [2.45, 2.75) is 53.4 Å². The van der Waals surface area contributed by atoms with Gasteiger partial charge in [-0.2, -0.15) is 0 Å². The number of fused-ring (bicyclic) bond motifs is 3. The summed E-state index contributed by atoms with van der Waals surface area (Å²) in [7, 11) is 0. The van der Waals surface area contributed by atoms with Crippen LogP contribution in [0.2, 0.25) is 0 Å². The molecule has 0 saturated heterocycles. The third-order valence-electron chi connectivity index (χ3n) is 10.9. The van der Waals surface area contributed by atoms with Gasteiger partial charge in [0.05, 0.1) is 0 Å². The summed E-state index contributed by atoms with van der Waals surface area (Å²) in [6, 6.07) is 49.3. The summed E-state index contributed by atoms with van der Waals surface area (Å²) in [4.78, 5) is 4.75. The molecular formula is C51H48N2. The Morgan fingerprint density at radius 3 is 1.70 bits per heavy atom. The highest BCUT2D eigenvalue weighted by Gasteiger charge is 2.36. The Balaban J connectivity index is 1.07. The lowest BCUT2D eigenvalue weighted by Crippen LogP contribution is -2.17. The Morgan fingerprint density at radius 2 is 1.06 bits per heavy atom. The molecule has 0 N–H and O–H groups in total. The van der Waals surface area contributed by atoms with Crippen LogP contribution in [-0.4, -0.2) is 0 Å². The van der Waals surface area contributed by atoms with E-state index in [1.165, 1.54) is 72.8 Å². The normalized spacial score (nSPS) is 15.6. The van der Waals surface area contributed by atoms with Crippen molar-refractivity contribution in [1.82, 2.24) is 0 Å². The first-order valence-corrected chi connectivity index (χ1v) is 18.9. The van der Waals surface area contributed by atoms with Crippen molar-refractivity contribution >= 4 is 40.6 Å². The molecule has 0 bridgehead atoms. The molecule has 0 aliphatic heterocycles. The highest BCUT2D eigenvalue weighted by atomic mass is 15.1. The van der Waals surface area contributed by atoms with Gasteiger partial charge in [-0.15, -0.1) is 0 Å². The van der Waals surface area contributed by atoms with Crippen LogP contribution in [0.25, 0.3) is 23.3 Å². The first kappa shape index (κ1) is 34.2. The molecule has 0 heterocycles. The number of hydrogen-bond donors (Lipinski definition) is 0. The monoisotopic (exact) mass is 688 g/mol. The molecule has 2 nitrogen and oxygen atoms in total. The zero-order valence-corrected chi connectivity index (χ0v) is 31.8. The van der Waals surface area contributed by atoms with Gasteiger partial charge in [0.15, 0.2) is 0 Å². The smallest absolute Gasteiger partial charge is 0.0465 e. The Kier molecular flexibility index (Phi) is 9.00. The summed E-state index contributed by atoms with van der Waals surface area (Å²) in [6.07, 6.45) is 12.5. The van der Waals surface area contributed by atoms with Gasteiger partial charge in [0.25, 0.3) is 0 Å². The van der Waals surface area contributed by atoms with Crippen molar-refractivity contribution in [1.29, 1.82) is 0 Å². The molecule has 1 unspecified atom stereocenters. The van der Waals surface area contributed by atoms with Crippen molar-refractivity contribution in [3.05, 3.63) is 196 Å². The average Bonchev–Trinajstić information content (AvgIpc) is 3.38. The van der Waals surface area contributed by atoms with E-state index in [1.807, 2.05) is 0 Å². The topological polar surface area (TPSA) is 6.48 Å². The molecule has 262 valence electrons. The van der Waals surface area contributed by atoms with Crippen LogP contribution in [0, 0.1) is 26.7 Å². The van der Waals surface area contributed by atoms with E-state index in [4.69, 9.17) is 0 Å². The lowest BCUT2D eigenvalue weighted by Gasteiger charge is -2.28. The number of hydrogen-bond acceptors (Lipinski definition) is 2. The van der Waals surface area contributed by atoms with E-state index in [2.05, 4.69) is 215 Å². The zero-order chi connectivity index (χ0) is 36.7. The Hall–Kier alpha value is -5.86. The van der Waals surface area contributed by atoms with Gasteiger partial charge in [-0.05, 0) is 144 Å². The van der Waals surface area contributed by atoms with Crippen LogP contribution in [0.4, 0.5) is 28.4 Å². The number of anilines is 5. The highest BCUT2D eigenvalue weighted by Crippen LogP contribution is 2.51. The van der Waals surface area contributed by atoms with Crippen LogP contribution in [0.1, 0.15) is 66.1 Å². The van der Waals surface area contributed by atoms with Crippen molar-refractivity contribution in [3.8, 4) is 11.1 Å². The molecular weight excluding hydrogens is 641 g/mol. The van der Waals surface area contributed by atoms with E-state index in [-0.39, 0.29) is 5.41 Å². The van der Waals surface area contributed by atoms with Gasteiger partial charge in [0.1, 0.15) is 0 Å². The van der Waals surface area contributed by atoms with Crippen molar-refractivity contribution in [2.24, 2.45) is 5.92 Å². The van der Waals surface area contributed by atoms with E-state index in [0.29, 0.717) is 5.92 Å². The maximum Gasteiger partial charge on any atom is 0.0465 e. The number of nitrogens with zero attached hydrogens (tertiary/aromatic N) is 2. The molecule has 6 aromatic carbocycles.